The first-order valence-corrected chi connectivity index (χ1v) is 14.3. The Balaban J connectivity index is 1.48. The van der Waals surface area contributed by atoms with E-state index < -0.39 is 6.03 Å². The molecule has 0 spiro atoms. The average molecular weight is 601 g/mol. The van der Waals surface area contributed by atoms with E-state index in [0.717, 1.165) is 30.2 Å². The summed E-state index contributed by atoms with van der Waals surface area (Å²) in [5.74, 6) is 0.625. The lowest BCUT2D eigenvalue weighted by atomic mass is 10.1. The van der Waals surface area contributed by atoms with Gasteiger partial charge in [-0.1, -0.05) is 35.3 Å². The Labute approximate surface area is 250 Å². The third kappa shape index (κ3) is 8.19. The van der Waals surface area contributed by atoms with E-state index in [1.807, 2.05) is 31.2 Å². The molecule has 0 radical (unpaired) electrons. The van der Waals surface area contributed by atoms with Crippen molar-refractivity contribution in [2.45, 2.75) is 13.3 Å². The third-order valence-corrected chi connectivity index (χ3v) is 7.42. The van der Waals surface area contributed by atoms with E-state index in [0.29, 0.717) is 66.3 Å². The maximum absolute atomic E-state index is 13.3. The molecule has 0 aromatic heterocycles. The molecule has 1 fully saturated rings. The second kappa shape index (κ2) is 14.8. The van der Waals surface area contributed by atoms with Crippen molar-refractivity contribution in [1.29, 1.82) is 0 Å². The minimum atomic E-state index is -0.468. The molecule has 0 bridgehead atoms. The molecule has 41 heavy (non-hydrogen) atoms. The summed E-state index contributed by atoms with van der Waals surface area (Å²) in [6.45, 7) is 6.59. The van der Waals surface area contributed by atoms with Crippen LogP contribution in [0.15, 0.2) is 60.7 Å². The van der Waals surface area contributed by atoms with Crippen LogP contribution in [-0.4, -0.2) is 65.0 Å². The van der Waals surface area contributed by atoms with Crippen LogP contribution in [0.4, 0.5) is 27.5 Å². The fourth-order valence-corrected chi connectivity index (χ4v) is 4.93. The van der Waals surface area contributed by atoms with Crippen molar-refractivity contribution >= 4 is 57.9 Å². The van der Waals surface area contributed by atoms with Crippen molar-refractivity contribution in [3.05, 3.63) is 76.3 Å². The highest BCUT2D eigenvalue weighted by Crippen LogP contribution is 2.31. The fourth-order valence-electron chi connectivity index (χ4n) is 4.63. The first-order valence-electron chi connectivity index (χ1n) is 13.6. The van der Waals surface area contributed by atoms with Gasteiger partial charge in [0.25, 0.3) is 5.91 Å². The van der Waals surface area contributed by atoms with E-state index in [4.69, 9.17) is 32.7 Å². The summed E-state index contributed by atoms with van der Waals surface area (Å²) >= 11 is 12.0. The topological polar surface area (TPSA) is 95.2 Å². The number of anilines is 4. The molecule has 218 valence electrons. The summed E-state index contributed by atoms with van der Waals surface area (Å²) < 4.78 is 10.9. The summed E-state index contributed by atoms with van der Waals surface area (Å²) in [5, 5.41) is 9.27. The van der Waals surface area contributed by atoms with Crippen molar-refractivity contribution in [2.24, 2.45) is 0 Å². The van der Waals surface area contributed by atoms with Crippen LogP contribution in [0.25, 0.3) is 0 Å². The predicted molar refractivity (Wildman–Crippen MR) is 166 cm³/mol. The lowest BCUT2D eigenvalue weighted by Crippen LogP contribution is -2.47. The van der Waals surface area contributed by atoms with E-state index in [1.54, 1.807) is 37.4 Å². The fraction of sp³-hybridized carbons (Fsp3) is 0.333. The highest BCUT2D eigenvalue weighted by Gasteiger charge is 2.24. The molecule has 1 saturated heterocycles. The number of hydrogen-bond donors (Lipinski definition) is 3. The Morgan fingerprint density at radius 1 is 0.854 bits per heavy atom. The Bertz CT molecular complexity index is 1350. The van der Waals surface area contributed by atoms with Gasteiger partial charge in [-0.25, -0.2) is 4.79 Å². The number of methoxy groups -OCH3 is 1. The number of rotatable bonds is 11. The summed E-state index contributed by atoms with van der Waals surface area (Å²) in [7, 11) is 1.68. The molecule has 0 unspecified atom stereocenters. The number of ether oxygens (including phenoxy) is 2. The first-order chi connectivity index (χ1) is 19.9. The van der Waals surface area contributed by atoms with E-state index in [1.165, 1.54) is 0 Å². The van der Waals surface area contributed by atoms with Gasteiger partial charge < -0.3 is 35.2 Å². The predicted octanol–water partition coefficient (Wildman–Crippen LogP) is 6.13. The largest absolute Gasteiger partial charge is 0.495 e. The highest BCUT2D eigenvalue weighted by molar-refractivity contribution is 6.42. The molecule has 3 N–H and O–H groups in total. The van der Waals surface area contributed by atoms with E-state index in [9.17, 15) is 9.59 Å². The molecule has 1 heterocycles. The Morgan fingerprint density at radius 2 is 1.51 bits per heavy atom. The van der Waals surface area contributed by atoms with Gasteiger partial charge in [0.2, 0.25) is 0 Å². The van der Waals surface area contributed by atoms with Crippen LogP contribution >= 0.6 is 23.2 Å². The SMILES string of the molecule is CCOCCCNC(=O)c1cc(NC(=O)Nc2ccc(Cl)c(Cl)c2)ccc1N1CCN(c2ccccc2OC)CC1. The molecule has 1 aliphatic heterocycles. The van der Waals surface area contributed by atoms with Crippen LogP contribution < -0.4 is 30.5 Å². The number of para-hydroxylation sites is 2. The monoisotopic (exact) mass is 599 g/mol. The second-order valence-electron chi connectivity index (χ2n) is 9.39. The first kappa shape index (κ1) is 30.3. The van der Waals surface area contributed by atoms with Crippen molar-refractivity contribution < 1.29 is 19.1 Å². The lowest BCUT2D eigenvalue weighted by Gasteiger charge is -2.38. The Morgan fingerprint density at radius 3 is 2.20 bits per heavy atom. The van der Waals surface area contributed by atoms with Crippen LogP contribution in [0.1, 0.15) is 23.7 Å². The number of amides is 3. The molecular formula is C30H35Cl2N5O4. The van der Waals surface area contributed by atoms with Crippen LogP contribution in [-0.2, 0) is 4.74 Å². The van der Waals surface area contributed by atoms with Gasteiger partial charge in [0.1, 0.15) is 5.75 Å². The average Bonchev–Trinajstić information content (AvgIpc) is 2.99. The van der Waals surface area contributed by atoms with Crippen molar-refractivity contribution in [3.63, 3.8) is 0 Å². The van der Waals surface area contributed by atoms with Crippen molar-refractivity contribution in [3.8, 4) is 5.75 Å². The highest BCUT2D eigenvalue weighted by atomic mass is 35.5. The number of carbonyl (C=O) groups is 2. The maximum atomic E-state index is 13.3. The quantitative estimate of drug-likeness (QED) is 0.229. The number of carbonyl (C=O) groups excluding carboxylic acids is 2. The van der Waals surface area contributed by atoms with Gasteiger partial charge in [0.15, 0.2) is 0 Å². The van der Waals surface area contributed by atoms with E-state index in [-0.39, 0.29) is 5.91 Å². The van der Waals surface area contributed by atoms with Gasteiger partial charge in [0.05, 0.1) is 28.4 Å². The van der Waals surface area contributed by atoms with Crippen molar-refractivity contribution in [1.82, 2.24) is 5.32 Å². The Hall–Kier alpha value is -3.66. The smallest absolute Gasteiger partial charge is 0.323 e. The van der Waals surface area contributed by atoms with Gasteiger partial charge in [-0.15, -0.1) is 0 Å². The molecular weight excluding hydrogens is 565 g/mol. The van der Waals surface area contributed by atoms with Gasteiger partial charge in [-0.05, 0) is 61.9 Å². The van der Waals surface area contributed by atoms with Gasteiger partial charge >= 0.3 is 6.03 Å². The number of halogens is 2. The zero-order valence-electron chi connectivity index (χ0n) is 23.2. The van der Waals surface area contributed by atoms with Gasteiger partial charge in [0, 0.05) is 63.0 Å². The number of hydrogen-bond acceptors (Lipinski definition) is 6. The van der Waals surface area contributed by atoms with Gasteiger partial charge in [-0.3, -0.25) is 4.79 Å². The minimum Gasteiger partial charge on any atom is -0.495 e. The molecule has 0 aliphatic carbocycles. The molecule has 11 heteroatoms. The molecule has 0 saturated carbocycles. The maximum Gasteiger partial charge on any atom is 0.323 e. The zero-order valence-corrected chi connectivity index (χ0v) is 24.7. The number of nitrogens with one attached hydrogen (secondary N) is 3. The Kier molecular flexibility index (Phi) is 11.0. The molecule has 3 aromatic carbocycles. The standard InChI is InChI=1S/C30H35Cl2N5O4/c1-3-41-18-6-13-33-29(38)23-19-21(34-30(39)35-22-9-11-24(31)25(32)20-22)10-12-26(23)36-14-16-37(17-15-36)27-7-4-5-8-28(27)40-2/h4-5,7-12,19-20H,3,6,13-18H2,1-2H3,(H,33,38)(H2,34,35,39). The summed E-state index contributed by atoms with van der Waals surface area (Å²) in [6, 6.07) is 17.7. The molecule has 4 rings (SSSR count). The number of benzene rings is 3. The number of urea groups is 1. The van der Waals surface area contributed by atoms with Crippen LogP contribution in [0.3, 0.4) is 0 Å². The van der Waals surface area contributed by atoms with Crippen LogP contribution in [0.5, 0.6) is 5.75 Å². The lowest BCUT2D eigenvalue weighted by molar-refractivity contribution is 0.0944. The molecule has 3 amide bonds. The summed E-state index contributed by atoms with van der Waals surface area (Å²) in [5.41, 5.74) is 3.32. The zero-order chi connectivity index (χ0) is 29.2. The van der Waals surface area contributed by atoms with Crippen LogP contribution in [0, 0.1) is 0 Å². The van der Waals surface area contributed by atoms with E-state index in [2.05, 4.69) is 31.8 Å². The van der Waals surface area contributed by atoms with Gasteiger partial charge in [-0.2, -0.15) is 0 Å². The summed E-state index contributed by atoms with van der Waals surface area (Å²) in [6.07, 6.45) is 0.705. The number of nitrogens with zero attached hydrogens (tertiary/aromatic N) is 2. The normalized spacial score (nSPS) is 13.1. The molecule has 1 aliphatic rings. The summed E-state index contributed by atoms with van der Waals surface area (Å²) in [4.78, 5) is 30.5. The molecule has 3 aromatic rings. The minimum absolute atomic E-state index is 0.211. The molecule has 9 nitrogen and oxygen atoms in total. The number of piperazine rings is 1. The van der Waals surface area contributed by atoms with Crippen molar-refractivity contribution in [2.75, 3.05) is 73.5 Å². The molecule has 0 atom stereocenters. The third-order valence-electron chi connectivity index (χ3n) is 6.68. The van der Waals surface area contributed by atoms with E-state index >= 15 is 0 Å². The second-order valence-corrected chi connectivity index (χ2v) is 10.2. The van der Waals surface area contributed by atoms with Crippen LogP contribution in [0.2, 0.25) is 10.0 Å².